The topological polar surface area (TPSA) is 66.4 Å². The Hall–Kier alpha value is -4.02. The molecule has 0 aliphatic rings. The van der Waals surface area contributed by atoms with Gasteiger partial charge >= 0.3 is 0 Å². The minimum Gasteiger partial charge on any atom is -0.380 e. The van der Waals surface area contributed by atoms with Gasteiger partial charge in [0, 0.05) is 11.3 Å². The summed E-state index contributed by atoms with van der Waals surface area (Å²) in [6.07, 6.45) is -1.33. The maximum atomic E-state index is 12.9. The van der Waals surface area contributed by atoms with Crippen molar-refractivity contribution in [2.24, 2.45) is 0 Å². The first-order valence-corrected chi connectivity index (χ1v) is 9.96. The number of ketones is 1. The number of hydrogen-bond acceptors (Lipinski definition) is 3. The predicted molar refractivity (Wildman–Crippen MR) is 122 cm³/mol. The molecule has 0 radical (unpaired) electrons. The second-order valence-corrected chi connectivity index (χ2v) is 7.12. The van der Waals surface area contributed by atoms with E-state index in [1.165, 1.54) is 0 Å². The largest absolute Gasteiger partial charge is 0.380 e. The van der Waals surface area contributed by atoms with Gasteiger partial charge in [0.2, 0.25) is 0 Å². The summed E-state index contributed by atoms with van der Waals surface area (Å²) in [6.45, 7) is 0. The highest BCUT2D eigenvalue weighted by atomic mass is 16.3. The van der Waals surface area contributed by atoms with Gasteiger partial charge < -0.3 is 10.4 Å². The van der Waals surface area contributed by atoms with Crippen LogP contribution in [0.1, 0.15) is 32.4 Å². The van der Waals surface area contributed by atoms with Gasteiger partial charge in [0.1, 0.15) is 6.10 Å². The summed E-state index contributed by atoms with van der Waals surface area (Å²) in [6, 6.07) is 32.7. The zero-order valence-electron chi connectivity index (χ0n) is 16.7. The number of anilines is 1. The Labute approximate surface area is 180 Å². The molecule has 2 N–H and O–H groups in total. The van der Waals surface area contributed by atoms with E-state index in [0.717, 1.165) is 11.1 Å². The van der Waals surface area contributed by atoms with Gasteiger partial charge in [-0.3, -0.25) is 9.59 Å². The van der Waals surface area contributed by atoms with Crippen molar-refractivity contribution in [2.75, 3.05) is 5.32 Å². The molecule has 1 amide bonds. The van der Waals surface area contributed by atoms with Crippen molar-refractivity contribution in [3.8, 4) is 11.1 Å². The molecule has 1 unspecified atom stereocenters. The molecular formula is C27H21NO3. The third-order valence-corrected chi connectivity index (χ3v) is 5.05. The molecule has 0 saturated carbocycles. The van der Waals surface area contributed by atoms with E-state index in [1.807, 2.05) is 60.7 Å². The molecule has 4 aromatic rings. The van der Waals surface area contributed by atoms with Crippen LogP contribution in [0.5, 0.6) is 0 Å². The van der Waals surface area contributed by atoms with Crippen LogP contribution >= 0.6 is 0 Å². The number of Topliss-reactive ketones (excluding diaryl/α,β-unsaturated/α-hetero) is 1. The Kier molecular flexibility index (Phi) is 6.01. The molecule has 4 heteroatoms. The molecule has 0 heterocycles. The molecule has 0 aromatic heterocycles. The smallest absolute Gasteiger partial charge is 0.256 e. The summed E-state index contributed by atoms with van der Waals surface area (Å²) in [7, 11) is 0. The number of nitrogens with one attached hydrogen (secondary N) is 1. The lowest BCUT2D eigenvalue weighted by Gasteiger charge is -2.14. The van der Waals surface area contributed by atoms with Crippen LogP contribution in [0.4, 0.5) is 5.69 Å². The lowest BCUT2D eigenvalue weighted by atomic mass is 9.96. The molecule has 0 aliphatic carbocycles. The van der Waals surface area contributed by atoms with Crippen molar-refractivity contribution in [3.63, 3.8) is 0 Å². The van der Waals surface area contributed by atoms with E-state index in [9.17, 15) is 14.7 Å². The first-order chi connectivity index (χ1) is 15.1. The Morgan fingerprint density at radius 3 is 1.77 bits per heavy atom. The highest BCUT2D eigenvalue weighted by Crippen LogP contribution is 2.23. The molecule has 4 aromatic carbocycles. The number of rotatable bonds is 6. The van der Waals surface area contributed by atoms with Gasteiger partial charge in [0.25, 0.3) is 5.91 Å². The lowest BCUT2D eigenvalue weighted by Crippen LogP contribution is -2.20. The Balaban J connectivity index is 1.54. The summed E-state index contributed by atoms with van der Waals surface area (Å²) >= 11 is 0. The van der Waals surface area contributed by atoms with Crippen LogP contribution < -0.4 is 5.32 Å². The minimum absolute atomic E-state index is 0.178. The fourth-order valence-corrected chi connectivity index (χ4v) is 3.41. The molecular weight excluding hydrogens is 386 g/mol. The molecule has 4 nitrogen and oxygen atoms in total. The van der Waals surface area contributed by atoms with Crippen molar-refractivity contribution < 1.29 is 14.7 Å². The molecule has 0 spiro atoms. The van der Waals surface area contributed by atoms with E-state index in [2.05, 4.69) is 5.32 Å². The molecule has 0 aliphatic heterocycles. The zero-order chi connectivity index (χ0) is 21.6. The number of carbonyl (C=O) groups is 2. The number of carbonyl (C=O) groups excluding carboxylic acids is 2. The quantitative estimate of drug-likeness (QED) is 0.414. The van der Waals surface area contributed by atoms with E-state index < -0.39 is 17.8 Å². The maximum Gasteiger partial charge on any atom is 0.256 e. The second kappa shape index (κ2) is 9.20. The Morgan fingerprint density at radius 2 is 1.13 bits per heavy atom. The van der Waals surface area contributed by atoms with Crippen LogP contribution in [0.2, 0.25) is 0 Å². The summed E-state index contributed by atoms with van der Waals surface area (Å²) < 4.78 is 0. The standard InChI is InChI=1S/C27H21NO3/c29-25(21-11-5-2-6-12-21)26(30)23-13-7-8-14-24(23)27(31)28-22-17-15-20(16-18-22)19-9-3-1-4-10-19/h1-18,25,29H,(H,28,31). The average molecular weight is 407 g/mol. The Morgan fingerprint density at radius 1 is 0.613 bits per heavy atom. The zero-order valence-corrected chi connectivity index (χ0v) is 16.7. The van der Waals surface area contributed by atoms with Crippen LogP contribution in [-0.2, 0) is 0 Å². The molecule has 152 valence electrons. The maximum absolute atomic E-state index is 12.9. The van der Waals surface area contributed by atoms with Crippen LogP contribution in [0.3, 0.4) is 0 Å². The van der Waals surface area contributed by atoms with Crippen LogP contribution in [0.15, 0.2) is 109 Å². The first-order valence-electron chi connectivity index (χ1n) is 9.96. The number of hydrogen-bond donors (Lipinski definition) is 2. The monoisotopic (exact) mass is 407 g/mol. The van der Waals surface area contributed by atoms with Crippen LogP contribution in [0, 0.1) is 0 Å². The van der Waals surface area contributed by atoms with E-state index in [4.69, 9.17) is 0 Å². The number of amides is 1. The second-order valence-electron chi connectivity index (χ2n) is 7.12. The van der Waals surface area contributed by atoms with Crippen molar-refractivity contribution in [3.05, 3.63) is 126 Å². The Bertz CT molecular complexity index is 1190. The third-order valence-electron chi connectivity index (χ3n) is 5.05. The molecule has 31 heavy (non-hydrogen) atoms. The van der Waals surface area contributed by atoms with E-state index in [0.29, 0.717) is 11.3 Å². The lowest BCUT2D eigenvalue weighted by molar-refractivity contribution is 0.0743. The molecule has 0 fully saturated rings. The van der Waals surface area contributed by atoms with Gasteiger partial charge in [0.15, 0.2) is 5.78 Å². The number of aliphatic hydroxyl groups is 1. The van der Waals surface area contributed by atoms with Gasteiger partial charge in [0.05, 0.1) is 5.56 Å². The van der Waals surface area contributed by atoms with Crippen LogP contribution in [-0.4, -0.2) is 16.8 Å². The number of benzene rings is 4. The highest BCUT2D eigenvalue weighted by Gasteiger charge is 2.24. The van der Waals surface area contributed by atoms with Gasteiger partial charge in [-0.05, 0) is 34.9 Å². The SMILES string of the molecule is O=C(Nc1ccc(-c2ccccc2)cc1)c1ccccc1C(=O)C(O)c1ccccc1. The van der Waals surface area contributed by atoms with Gasteiger partial charge in [-0.2, -0.15) is 0 Å². The minimum atomic E-state index is -1.33. The van der Waals surface area contributed by atoms with E-state index in [1.54, 1.807) is 48.5 Å². The molecule has 0 saturated heterocycles. The van der Waals surface area contributed by atoms with E-state index >= 15 is 0 Å². The third kappa shape index (κ3) is 4.60. The average Bonchev–Trinajstić information content (AvgIpc) is 2.84. The summed E-state index contributed by atoms with van der Waals surface area (Å²) in [5.74, 6) is -0.923. The highest BCUT2D eigenvalue weighted by molar-refractivity contribution is 6.13. The molecule has 1 atom stereocenters. The predicted octanol–water partition coefficient (Wildman–Crippen LogP) is 5.52. The van der Waals surface area contributed by atoms with Crippen molar-refractivity contribution >= 4 is 17.4 Å². The van der Waals surface area contributed by atoms with Crippen molar-refractivity contribution in [1.29, 1.82) is 0 Å². The molecule has 4 rings (SSSR count). The van der Waals surface area contributed by atoms with Crippen LogP contribution in [0.25, 0.3) is 11.1 Å². The van der Waals surface area contributed by atoms with Gasteiger partial charge in [-0.1, -0.05) is 91.0 Å². The fraction of sp³-hybridized carbons (Fsp3) is 0.0370. The summed E-state index contributed by atoms with van der Waals surface area (Å²) in [5.41, 5.74) is 3.63. The summed E-state index contributed by atoms with van der Waals surface area (Å²) in [5, 5.41) is 13.3. The first kappa shape index (κ1) is 20.3. The fourth-order valence-electron chi connectivity index (χ4n) is 3.41. The molecule has 0 bridgehead atoms. The number of aliphatic hydroxyl groups excluding tert-OH is 1. The van der Waals surface area contributed by atoms with Crippen molar-refractivity contribution in [2.45, 2.75) is 6.10 Å². The van der Waals surface area contributed by atoms with Gasteiger partial charge in [-0.15, -0.1) is 0 Å². The van der Waals surface area contributed by atoms with E-state index in [-0.39, 0.29) is 11.1 Å². The normalized spacial score (nSPS) is 11.5. The van der Waals surface area contributed by atoms with Gasteiger partial charge in [-0.25, -0.2) is 0 Å². The van der Waals surface area contributed by atoms with Crippen molar-refractivity contribution in [1.82, 2.24) is 0 Å². The summed E-state index contributed by atoms with van der Waals surface area (Å²) in [4.78, 5) is 25.8.